The zero-order valence-corrected chi connectivity index (χ0v) is 30.6. The molecule has 0 fully saturated rings. The summed E-state index contributed by atoms with van der Waals surface area (Å²) in [4.78, 5) is 61.4. The number of aliphatic hydroxyl groups is 1. The Morgan fingerprint density at radius 3 is 1.83 bits per heavy atom. The van der Waals surface area contributed by atoms with Crippen LogP contribution in [0.4, 0.5) is 0 Å². The largest absolute Gasteiger partial charge is 0.469 e. The van der Waals surface area contributed by atoms with Gasteiger partial charge in [0.1, 0.15) is 12.7 Å². The van der Waals surface area contributed by atoms with Crippen molar-refractivity contribution in [2.45, 2.75) is 161 Å². The number of aliphatic hydroxyl groups excluding tert-OH is 1. The van der Waals surface area contributed by atoms with Crippen molar-refractivity contribution >= 4 is 41.4 Å². The number of Topliss-reactive ketones (excluding diaryl/α,β-unsaturated/α-hetero) is 1. The lowest BCUT2D eigenvalue weighted by Crippen LogP contribution is -2.43. The topological polar surface area (TPSA) is 145 Å². The first-order valence-electron chi connectivity index (χ1n) is 18.1. The van der Waals surface area contributed by atoms with E-state index in [-0.39, 0.29) is 31.2 Å². The highest BCUT2D eigenvalue weighted by Crippen LogP contribution is 2.17. The van der Waals surface area contributed by atoms with Crippen molar-refractivity contribution in [3.05, 3.63) is 0 Å². The number of nitrogens with one attached hydrogen (secondary N) is 1. The number of amides is 1. The standard InChI is InChI=1S/C36H65NO9S/c1-5-7-9-11-13-14-16-17-19-21-31(46-34(41)22-20-18-15-12-10-8-6-2)26-35(42)45-23-24-47-28-32(37-29(3)39)33(40)25-30(27-38)36(43)44-4/h30-32,38H,5-28H2,1-4H3,(H,37,39)/t30-,31+,32-/m0/s1. The summed E-state index contributed by atoms with van der Waals surface area (Å²) in [6.07, 6.45) is 18.7. The Hall–Kier alpha value is -2.14. The average Bonchev–Trinajstić information content (AvgIpc) is 3.04. The van der Waals surface area contributed by atoms with Crippen LogP contribution in [0.3, 0.4) is 0 Å². The van der Waals surface area contributed by atoms with Crippen molar-refractivity contribution in [1.29, 1.82) is 0 Å². The second-order valence-electron chi connectivity index (χ2n) is 12.4. The normalized spacial score (nSPS) is 13.0. The highest BCUT2D eigenvalue weighted by molar-refractivity contribution is 7.99. The summed E-state index contributed by atoms with van der Waals surface area (Å²) in [5.74, 6) is -2.58. The van der Waals surface area contributed by atoms with Gasteiger partial charge in [-0.1, -0.05) is 104 Å². The third kappa shape index (κ3) is 26.5. The third-order valence-electron chi connectivity index (χ3n) is 8.05. The highest BCUT2D eigenvalue weighted by Gasteiger charge is 2.27. The molecule has 0 saturated carbocycles. The zero-order chi connectivity index (χ0) is 35.1. The van der Waals surface area contributed by atoms with Crippen LogP contribution in [0.15, 0.2) is 0 Å². The second kappa shape index (κ2) is 31.1. The summed E-state index contributed by atoms with van der Waals surface area (Å²) in [6.45, 7) is 5.27. The minimum Gasteiger partial charge on any atom is -0.469 e. The van der Waals surface area contributed by atoms with Crippen LogP contribution in [-0.2, 0) is 38.2 Å². The van der Waals surface area contributed by atoms with Crippen LogP contribution in [0.2, 0.25) is 0 Å². The van der Waals surface area contributed by atoms with E-state index in [2.05, 4.69) is 23.9 Å². The molecule has 0 spiro atoms. The molecule has 0 rings (SSSR count). The summed E-state index contributed by atoms with van der Waals surface area (Å²) in [5.41, 5.74) is 0. The van der Waals surface area contributed by atoms with Crippen molar-refractivity contribution in [1.82, 2.24) is 5.32 Å². The van der Waals surface area contributed by atoms with Gasteiger partial charge >= 0.3 is 17.9 Å². The van der Waals surface area contributed by atoms with Gasteiger partial charge in [-0.3, -0.25) is 24.0 Å². The number of esters is 3. The average molecular weight is 688 g/mol. The summed E-state index contributed by atoms with van der Waals surface area (Å²) in [6, 6.07) is -0.858. The van der Waals surface area contributed by atoms with Crippen molar-refractivity contribution in [3.8, 4) is 0 Å². The lowest BCUT2D eigenvalue weighted by molar-refractivity contribution is -0.155. The number of methoxy groups -OCH3 is 1. The molecular formula is C36H65NO9S. The monoisotopic (exact) mass is 687 g/mol. The Morgan fingerprint density at radius 2 is 1.30 bits per heavy atom. The van der Waals surface area contributed by atoms with Gasteiger partial charge in [0.05, 0.1) is 32.1 Å². The molecule has 47 heavy (non-hydrogen) atoms. The van der Waals surface area contributed by atoms with Crippen molar-refractivity contribution in [2.24, 2.45) is 5.92 Å². The van der Waals surface area contributed by atoms with E-state index in [1.165, 1.54) is 90.0 Å². The quantitative estimate of drug-likeness (QED) is 0.0436. The molecule has 11 heteroatoms. The Morgan fingerprint density at radius 1 is 0.745 bits per heavy atom. The summed E-state index contributed by atoms with van der Waals surface area (Å²) >= 11 is 1.32. The van der Waals surface area contributed by atoms with Crippen LogP contribution in [0.5, 0.6) is 0 Å². The van der Waals surface area contributed by atoms with E-state index in [1.807, 2.05) is 0 Å². The fourth-order valence-corrected chi connectivity index (χ4v) is 6.12. The Balaban J connectivity index is 4.73. The van der Waals surface area contributed by atoms with E-state index in [0.717, 1.165) is 38.5 Å². The van der Waals surface area contributed by atoms with Crippen LogP contribution in [0, 0.1) is 5.92 Å². The number of ether oxygens (including phenoxy) is 3. The number of hydrogen-bond acceptors (Lipinski definition) is 10. The molecular weight excluding hydrogens is 622 g/mol. The highest BCUT2D eigenvalue weighted by atomic mass is 32.2. The molecule has 0 aliphatic carbocycles. The van der Waals surface area contributed by atoms with Gasteiger partial charge in [0.15, 0.2) is 5.78 Å². The van der Waals surface area contributed by atoms with Gasteiger partial charge in [0.25, 0.3) is 0 Å². The molecule has 0 bridgehead atoms. The van der Waals surface area contributed by atoms with Crippen LogP contribution < -0.4 is 5.32 Å². The molecule has 1 amide bonds. The molecule has 0 aromatic carbocycles. The number of rotatable bonds is 32. The maximum atomic E-state index is 12.7. The Bertz CT molecular complexity index is 854. The molecule has 0 aromatic rings. The number of thioether (sulfide) groups is 1. The predicted octanol–water partition coefficient (Wildman–Crippen LogP) is 6.87. The van der Waals surface area contributed by atoms with Gasteiger partial charge in [-0.05, 0) is 19.3 Å². The van der Waals surface area contributed by atoms with E-state index < -0.39 is 48.3 Å². The summed E-state index contributed by atoms with van der Waals surface area (Å²) in [7, 11) is 1.18. The molecule has 0 saturated heterocycles. The minimum atomic E-state index is -0.997. The molecule has 0 aromatic heterocycles. The van der Waals surface area contributed by atoms with Gasteiger partial charge in [-0.15, -0.1) is 0 Å². The van der Waals surface area contributed by atoms with Gasteiger partial charge < -0.3 is 24.6 Å². The number of carbonyl (C=O) groups is 5. The van der Waals surface area contributed by atoms with Crippen LogP contribution in [-0.4, -0.2) is 78.7 Å². The lowest BCUT2D eigenvalue weighted by atomic mass is 10.00. The van der Waals surface area contributed by atoms with Crippen LogP contribution in [0.25, 0.3) is 0 Å². The first-order chi connectivity index (χ1) is 22.7. The van der Waals surface area contributed by atoms with E-state index in [9.17, 15) is 29.1 Å². The molecule has 0 unspecified atom stereocenters. The SMILES string of the molecule is CCCCCCCCCCC[C@H](CC(=O)OCCSC[C@H](NC(C)=O)C(=O)C[C@@H](CO)C(=O)OC)OC(=O)CCCCCCCCC. The maximum absolute atomic E-state index is 12.7. The van der Waals surface area contributed by atoms with Gasteiger partial charge in [0.2, 0.25) is 5.91 Å². The first kappa shape index (κ1) is 44.9. The Kier molecular flexibility index (Phi) is 29.7. The molecule has 0 radical (unpaired) electrons. The maximum Gasteiger partial charge on any atom is 0.311 e. The van der Waals surface area contributed by atoms with E-state index in [0.29, 0.717) is 18.6 Å². The lowest BCUT2D eigenvalue weighted by Gasteiger charge is -2.19. The van der Waals surface area contributed by atoms with Gasteiger partial charge in [0, 0.05) is 31.3 Å². The molecule has 3 atom stereocenters. The second-order valence-corrected chi connectivity index (χ2v) is 13.6. The van der Waals surface area contributed by atoms with Crippen molar-refractivity contribution in [3.63, 3.8) is 0 Å². The van der Waals surface area contributed by atoms with Crippen LogP contribution >= 0.6 is 11.8 Å². The fourth-order valence-electron chi connectivity index (χ4n) is 5.25. The molecule has 0 aliphatic rings. The van der Waals surface area contributed by atoms with E-state index >= 15 is 0 Å². The summed E-state index contributed by atoms with van der Waals surface area (Å²) < 4.78 is 15.8. The van der Waals surface area contributed by atoms with Crippen LogP contribution in [0.1, 0.15) is 149 Å². The van der Waals surface area contributed by atoms with Crippen molar-refractivity contribution < 1.29 is 43.3 Å². The zero-order valence-electron chi connectivity index (χ0n) is 29.8. The molecule has 2 N–H and O–H groups in total. The molecule has 274 valence electrons. The first-order valence-corrected chi connectivity index (χ1v) is 19.2. The molecule has 10 nitrogen and oxygen atoms in total. The van der Waals surface area contributed by atoms with E-state index in [4.69, 9.17) is 9.47 Å². The molecule has 0 aliphatic heterocycles. The van der Waals surface area contributed by atoms with Crippen molar-refractivity contribution in [2.75, 3.05) is 31.8 Å². The minimum absolute atomic E-state index is 0.00746. The number of carbonyl (C=O) groups excluding carboxylic acids is 5. The van der Waals surface area contributed by atoms with Gasteiger partial charge in [-0.2, -0.15) is 11.8 Å². The molecule has 0 heterocycles. The number of ketones is 1. The van der Waals surface area contributed by atoms with Gasteiger partial charge in [-0.25, -0.2) is 0 Å². The number of hydrogen-bond donors (Lipinski definition) is 2. The smallest absolute Gasteiger partial charge is 0.311 e. The number of unbranched alkanes of at least 4 members (excludes halogenated alkanes) is 14. The van der Waals surface area contributed by atoms with E-state index in [1.54, 1.807) is 0 Å². The predicted molar refractivity (Wildman–Crippen MR) is 187 cm³/mol. The Labute approximate surface area is 288 Å². The summed E-state index contributed by atoms with van der Waals surface area (Å²) in [5, 5.41) is 12.0. The third-order valence-corrected chi connectivity index (χ3v) is 9.07. The fraction of sp³-hybridized carbons (Fsp3) is 0.861.